The van der Waals surface area contributed by atoms with E-state index in [0.29, 0.717) is 5.56 Å². The summed E-state index contributed by atoms with van der Waals surface area (Å²) in [4.78, 5) is 2.24. The molecular formula is C17H19N3. The van der Waals surface area contributed by atoms with E-state index in [0.717, 1.165) is 30.8 Å². The van der Waals surface area contributed by atoms with E-state index >= 15 is 0 Å². The molecule has 0 bridgehead atoms. The van der Waals surface area contributed by atoms with Gasteiger partial charge < -0.3 is 10.6 Å². The fraction of sp³-hybridized carbons (Fsp3) is 0.235. The number of benzene rings is 2. The number of nitrogen functional groups attached to an aromatic ring is 1. The quantitative estimate of drug-likeness (QED) is 0.846. The van der Waals surface area contributed by atoms with Crippen LogP contribution in [0.5, 0.6) is 0 Å². The summed E-state index contributed by atoms with van der Waals surface area (Å²) < 4.78 is 0. The molecule has 2 aromatic rings. The lowest BCUT2D eigenvalue weighted by atomic mass is 10.1. The molecule has 0 amide bonds. The van der Waals surface area contributed by atoms with Gasteiger partial charge in [-0.25, -0.2) is 0 Å². The molecule has 0 spiro atoms. The number of hydrogen-bond acceptors (Lipinski definition) is 3. The van der Waals surface area contributed by atoms with E-state index < -0.39 is 0 Å². The van der Waals surface area contributed by atoms with Gasteiger partial charge in [0.1, 0.15) is 0 Å². The molecule has 0 aliphatic carbocycles. The van der Waals surface area contributed by atoms with Crippen molar-refractivity contribution >= 4 is 5.69 Å². The number of nitrogens with zero attached hydrogens (tertiary/aromatic N) is 2. The van der Waals surface area contributed by atoms with Gasteiger partial charge in [-0.1, -0.05) is 30.3 Å². The maximum atomic E-state index is 8.90. The van der Waals surface area contributed by atoms with E-state index in [1.807, 2.05) is 42.5 Å². The topological polar surface area (TPSA) is 53.0 Å². The molecular weight excluding hydrogens is 246 g/mol. The van der Waals surface area contributed by atoms with Crippen LogP contribution < -0.4 is 5.73 Å². The zero-order valence-electron chi connectivity index (χ0n) is 11.7. The molecule has 3 nitrogen and oxygen atoms in total. The molecule has 0 saturated heterocycles. The molecule has 2 aromatic carbocycles. The first kappa shape index (κ1) is 14.1. The third kappa shape index (κ3) is 3.84. The van der Waals surface area contributed by atoms with Gasteiger partial charge in [0.15, 0.2) is 0 Å². The highest BCUT2D eigenvalue weighted by molar-refractivity contribution is 5.46. The Morgan fingerprint density at radius 2 is 1.95 bits per heavy atom. The highest BCUT2D eigenvalue weighted by atomic mass is 15.1. The van der Waals surface area contributed by atoms with E-state index in [1.165, 1.54) is 5.56 Å². The Labute approximate surface area is 120 Å². The number of nitriles is 1. The summed E-state index contributed by atoms with van der Waals surface area (Å²) in [7, 11) is 2.08. The standard InChI is InChI=1S/C17H19N3/c1-20(10-9-16-7-2-3-8-17(16)19)13-15-6-4-5-14(11-15)12-18/h2-8,11H,9-10,13,19H2,1H3. The Bertz CT molecular complexity index is 614. The SMILES string of the molecule is CN(CCc1ccccc1N)Cc1cccc(C#N)c1. The van der Waals surface area contributed by atoms with Crippen LogP contribution in [-0.2, 0) is 13.0 Å². The first-order valence-electron chi connectivity index (χ1n) is 6.70. The Morgan fingerprint density at radius 1 is 1.15 bits per heavy atom. The summed E-state index contributed by atoms with van der Waals surface area (Å²) in [6.07, 6.45) is 0.932. The molecule has 0 fully saturated rings. The largest absolute Gasteiger partial charge is 0.399 e. The van der Waals surface area contributed by atoms with Crippen LogP contribution in [-0.4, -0.2) is 18.5 Å². The molecule has 0 saturated carbocycles. The van der Waals surface area contributed by atoms with Crippen LogP contribution >= 0.6 is 0 Å². The van der Waals surface area contributed by atoms with E-state index in [4.69, 9.17) is 11.0 Å². The van der Waals surface area contributed by atoms with Gasteiger partial charge in [-0.15, -0.1) is 0 Å². The van der Waals surface area contributed by atoms with Crippen molar-refractivity contribution < 1.29 is 0 Å². The van der Waals surface area contributed by atoms with Crippen LogP contribution in [0.15, 0.2) is 48.5 Å². The van der Waals surface area contributed by atoms with Crippen molar-refractivity contribution in [3.63, 3.8) is 0 Å². The number of anilines is 1. The van der Waals surface area contributed by atoms with Gasteiger partial charge in [-0.3, -0.25) is 0 Å². The third-order valence-electron chi connectivity index (χ3n) is 3.33. The second kappa shape index (κ2) is 6.74. The highest BCUT2D eigenvalue weighted by Crippen LogP contribution is 2.12. The maximum Gasteiger partial charge on any atom is 0.0991 e. The van der Waals surface area contributed by atoms with Crippen LogP contribution in [0.3, 0.4) is 0 Å². The molecule has 2 rings (SSSR count). The van der Waals surface area contributed by atoms with E-state index in [2.05, 4.69) is 24.1 Å². The Hall–Kier alpha value is -2.31. The van der Waals surface area contributed by atoms with Crippen molar-refractivity contribution in [2.24, 2.45) is 0 Å². The molecule has 0 aliphatic heterocycles. The molecule has 0 radical (unpaired) electrons. The number of hydrogen-bond donors (Lipinski definition) is 1. The lowest BCUT2D eigenvalue weighted by Crippen LogP contribution is -2.21. The van der Waals surface area contributed by atoms with Gasteiger partial charge in [-0.2, -0.15) is 5.26 Å². The van der Waals surface area contributed by atoms with Crippen LogP contribution in [0.25, 0.3) is 0 Å². The first-order chi connectivity index (χ1) is 9.69. The highest BCUT2D eigenvalue weighted by Gasteiger charge is 2.03. The molecule has 0 aromatic heterocycles. The normalized spacial score (nSPS) is 10.4. The molecule has 0 heterocycles. The molecule has 0 unspecified atom stereocenters. The number of likely N-dealkylation sites (N-methyl/N-ethyl adjacent to an activating group) is 1. The van der Waals surface area contributed by atoms with Crippen molar-refractivity contribution in [1.82, 2.24) is 4.90 Å². The fourth-order valence-corrected chi connectivity index (χ4v) is 2.20. The van der Waals surface area contributed by atoms with Crippen molar-refractivity contribution in [2.45, 2.75) is 13.0 Å². The number of para-hydroxylation sites is 1. The minimum atomic E-state index is 0.711. The van der Waals surface area contributed by atoms with Crippen molar-refractivity contribution in [1.29, 1.82) is 5.26 Å². The maximum absolute atomic E-state index is 8.90. The smallest absolute Gasteiger partial charge is 0.0991 e. The van der Waals surface area contributed by atoms with Gasteiger partial charge in [0.25, 0.3) is 0 Å². The van der Waals surface area contributed by atoms with Gasteiger partial charge in [0.05, 0.1) is 11.6 Å². The average Bonchev–Trinajstić information content (AvgIpc) is 2.46. The predicted octanol–water partition coefficient (Wildman–Crippen LogP) is 2.81. The predicted molar refractivity (Wildman–Crippen MR) is 82.0 cm³/mol. The van der Waals surface area contributed by atoms with Crippen molar-refractivity contribution in [3.05, 3.63) is 65.2 Å². The number of nitrogens with two attached hydrogens (primary N) is 1. The van der Waals surface area contributed by atoms with Crippen molar-refractivity contribution in [3.8, 4) is 6.07 Å². The van der Waals surface area contributed by atoms with Gasteiger partial charge >= 0.3 is 0 Å². The molecule has 20 heavy (non-hydrogen) atoms. The summed E-state index contributed by atoms with van der Waals surface area (Å²) in [5.41, 5.74) is 9.85. The minimum absolute atomic E-state index is 0.711. The third-order valence-corrected chi connectivity index (χ3v) is 3.33. The second-order valence-corrected chi connectivity index (χ2v) is 5.00. The minimum Gasteiger partial charge on any atom is -0.399 e. The molecule has 0 aliphatic rings. The Kier molecular flexibility index (Phi) is 4.75. The Morgan fingerprint density at radius 3 is 2.70 bits per heavy atom. The zero-order chi connectivity index (χ0) is 14.4. The summed E-state index contributed by atoms with van der Waals surface area (Å²) in [5, 5.41) is 8.90. The average molecular weight is 265 g/mol. The van der Waals surface area contributed by atoms with Crippen LogP contribution in [0.1, 0.15) is 16.7 Å². The lowest BCUT2D eigenvalue weighted by molar-refractivity contribution is 0.331. The van der Waals surface area contributed by atoms with Crippen LogP contribution in [0, 0.1) is 11.3 Å². The lowest BCUT2D eigenvalue weighted by Gasteiger charge is -2.17. The van der Waals surface area contributed by atoms with Crippen molar-refractivity contribution in [2.75, 3.05) is 19.3 Å². The summed E-state index contributed by atoms with van der Waals surface area (Å²) in [6, 6.07) is 17.9. The van der Waals surface area contributed by atoms with Crippen LogP contribution in [0.4, 0.5) is 5.69 Å². The second-order valence-electron chi connectivity index (χ2n) is 5.00. The summed E-state index contributed by atoms with van der Waals surface area (Å²) in [6.45, 7) is 1.77. The zero-order valence-corrected chi connectivity index (χ0v) is 11.7. The summed E-state index contributed by atoms with van der Waals surface area (Å²) in [5.74, 6) is 0. The molecule has 2 N–H and O–H groups in total. The van der Waals surface area contributed by atoms with Gasteiger partial charge in [0.2, 0.25) is 0 Å². The fourth-order valence-electron chi connectivity index (χ4n) is 2.20. The van der Waals surface area contributed by atoms with E-state index in [1.54, 1.807) is 0 Å². The Balaban J connectivity index is 1.91. The van der Waals surface area contributed by atoms with Crippen LogP contribution in [0.2, 0.25) is 0 Å². The first-order valence-corrected chi connectivity index (χ1v) is 6.70. The summed E-state index contributed by atoms with van der Waals surface area (Å²) >= 11 is 0. The molecule has 0 atom stereocenters. The van der Waals surface area contributed by atoms with E-state index in [9.17, 15) is 0 Å². The number of rotatable bonds is 5. The van der Waals surface area contributed by atoms with E-state index in [-0.39, 0.29) is 0 Å². The molecule has 102 valence electrons. The van der Waals surface area contributed by atoms with Gasteiger partial charge in [0, 0.05) is 18.8 Å². The van der Waals surface area contributed by atoms with Gasteiger partial charge in [-0.05, 0) is 42.8 Å². The monoisotopic (exact) mass is 265 g/mol. The molecule has 3 heteroatoms.